The van der Waals surface area contributed by atoms with E-state index in [1.165, 1.54) is 6.42 Å². The van der Waals surface area contributed by atoms with Gasteiger partial charge < -0.3 is 0 Å². The van der Waals surface area contributed by atoms with E-state index < -0.39 is 0 Å². The molecule has 0 bridgehead atoms. The van der Waals surface area contributed by atoms with Crippen molar-refractivity contribution >= 4 is 0 Å². The number of hydrogen-bond acceptors (Lipinski definition) is 2. The van der Waals surface area contributed by atoms with Crippen LogP contribution < -0.4 is 0 Å². The van der Waals surface area contributed by atoms with Crippen molar-refractivity contribution in [2.24, 2.45) is 16.1 Å². The lowest BCUT2D eigenvalue weighted by atomic mass is 10.4. The first kappa shape index (κ1) is 2.72. The lowest BCUT2D eigenvalue weighted by molar-refractivity contribution is 0.876. The highest BCUT2D eigenvalue weighted by Gasteiger charge is 2.40. The Morgan fingerprint density at radius 3 is 2.67 bits per heavy atom. The number of hydrogen-bond donors (Lipinski definition) is 0. The molecule has 2 nitrogen and oxygen atoms in total. The standard InChI is InChI=1S/C4H6N2/c1-3-2-5-6-4(1)3/h3-4H,1-2H2. The molecule has 32 valence electrons. The van der Waals surface area contributed by atoms with Crippen LogP contribution in [0, 0.1) is 5.92 Å². The summed E-state index contributed by atoms with van der Waals surface area (Å²) in [6.07, 6.45) is 1.32. The zero-order chi connectivity index (χ0) is 3.98. The molecule has 0 spiro atoms. The van der Waals surface area contributed by atoms with Gasteiger partial charge >= 0.3 is 0 Å². The first-order chi connectivity index (χ1) is 2.97. The van der Waals surface area contributed by atoms with Crippen molar-refractivity contribution in [3.8, 4) is 0 Å². The van der Waals surface area contributed by atoms with Gasteiger partial charge in [-0.2, -0.15) is 10.2 Å². The van der Waals surface area contributed by atoms with E-state index in [0.29, 0.717) is 6.04 Å². The summed E-state index contributed by atoms with van der Waals surface area (Å²) in [4.78, 5) is 0. The van der Waals surface area contributed by atoms with Crippen LogP contribution in [0.3, 0.4) is 0 Å². The maximum Gasteiger partial charge on any atom is 0.0759 e. The number of fused-ring (bicyclic) bond motifs is 1. The molecule has 6 heavy (non-hydrogen) atoms. The van der Waals surface area contributed by atoms with Gasteiger partial charge in [-0.1, -0.05) is 0 Å². The van der Waals surface area contributed by atoms with E-state index in [1.807, 2.05) is 0 Å². The fourth-order valence-electron chi connectivity index (χ4n) is 0.826. The van der Waals surface area contributed by atoms with Crippen molar-refractivity contribution in [1.29, 1.82) is 0 Å². The quantitative estimate of drug-likeness (QED) is 0.413. The Morgan fingerprint density at radius 2 is 2.50 bits per heavy atom. The molecule has 2 aliphatic rings. The third-order valence-corrected chi connectivity index (χ3v) is 1.43. The summed E-state index contributed by atoms with van der Waals surface area (Å²) in [6.45, 7) is 1.02. The Labute approximate surface area is 36.3 Å². The van der Waals surface area contributed by atoms with Crippen LogP contribution in [0.4, 0.5) is 0 Å². The Balaban J connectivity index is 2.26. The molecule has 1 aliphatic heterocycles. The molecule has 0 radical (unpaired) electrons. The molecule has 0 aromatic carbocycles. The molecule has 2 rings (SSSR count). The number of nitrogens with zero attached hydrogens (tertiary/aromatic N) is 2. The average Bonchev–Trinajstić information content (AvgIpc) is 2.17. The molecule has 1 aliphatic carbocycles. The van der Waals surface area contributed by atoms with Gasteiger partial charge in [0.15, 0.2) is 0 Å². The van der Waals surface area contributed by atoms with Gasteiger partial charge in [0.05, 0.1) is 12.6 Å². The zero-order valence-electron chi connectivity index (χ0n) is 3.46. The Kier molecular flexibility index (Phi) is 0.293. The second-order valence-electron chi connectivity index (χ2n) is 2.00. The molecule has 1 fully saturated rings. The molecule has 0 aromatic rings. The highest BCUT2D eigenvalue weighted by molar-refractivity contribution is 4.96. The van der Waals surface area contributed by atoms with Crippen molar-refractivity contribution < 1.29 is 0 Å². The molecule has 2 heteroatoms. The number of azo groups is 1. The van der Waals surface area contributed by atoms with E-state index in [2.05, 4.69) is 10.2 Å². The van der Waals surface area contributed by atoms with E-state index in [1.54, 1.807) is 0 Å². The molecule has 2 atom stereocenters. The molecule has 1 saturated carbocycles. The van der Waals surface area contributed by atoms with Crippen molar-refractivity contribution in [2.75, 3.05) is 6.54 Å². The van der Waals surface area contributed by atoms with Crippen LogP contribution >= 0.6 is 0 Å². The monoisotopic (exact) mass is 82.1 g/mol. The van der Waals surface area contributed by atoms with Gasteiger partial charge in [-0.15, -0.1) is 0 Å². The van der Waals surface area contributed by atoms with Crippen molar-refractivity contribution in [3.05, 3.63) is 0 Å². The molecular formula is C4H6N2. The molecule has 0 aromatic heterocycles. The predicted molar refractivity (Wildman–Crippen MR) is 21.6 cm³/mol. The summed E-state index contributed by atoms with van der Waals surface area (Å²) in [7, 11) is 0. The van der Waals surface area contributed by atoms with E-state index in [-0.39, 0.29) is 0 Å². The predicted octanol–water partition coefficient (Wildman–Crippen LogP) is 0.841. The molecule has 0 amide bonds. The summed E-state index contributed by atoms with van der Waals surface area (Å²) in [6, 6.07) is 0.671. The van der Waals surface area contributed by atoms with Crippen LogP contribution in [0.25, 0.3) is 0 Å². The lowest BCUT2D eigenvalue weighted by Crippen LogP contribution is -1.75. The second-order valence-corrected chi connectivity index (χ2v) is 2.00. The van der Waals surface area contributed by atoms with Gasteiger partial charge in [0.25, 0.3) is 0 Å². The average molecular weight is 82.1 g/mol. The minimum Gasteiger partial charge on any atom is -0.194 e. The van der Waals surface area contributed by atoms with E-state index in [4.69, 9.17) is 0 Å². The Morgan fingerprint density at radius 1 is 1.50 bits per heavy atom. The smallest absolute Gasteiger partial charge is 0.0759 e. The highest BCUT2D eigenvalue weighted by Crippen LogP contribution is 2.38. The maximum atomic E-state index is 3.94. The summed E-state index contributed by atoms with van der Waals surface area (Å²) < 4.78 is 0. The van der Waals surface area contributed by atoms with Crippen molar-refractivity contribution in [2.45, 2.75) is 12.5 Å². The second kappa shape index (κ2) is 0.647. The third kappa shape index (κ3) is 0.181. The number of rotatable bonds is 0. The van der Waals surface area contributed by atoms with Gasteiger partial charge in [0.2, 0.25) is 0 Å². The normalized spacial score (nSPS) is 49.3. The molecular weight excluding hydrogens is 76.1 g/mol. The van der Waals surface area contributed by atoms with Crippen LogP contribution in [-0.4, -0.2) is 12.6 Å². The van der Waals surface area contributed by atoms with Gasteiger partial charge in [-0.05, 0) is 6.42 Å². The van der Waals surface area contributed by atoms with E-state index in [9.17, 15) is 0 Å². The summed E-state index contributed by atoms with van der Waals surface area (Å²) in [5, 5.41) is 7.77. The fraction of sp³-hybridized carbons (Fsp3) is 1.00. The summed E-state index contributed by atoms with van der Waals surface area (Å²) >= 11 is 0. The SMILES string of the molecule is C1N=NC2CC12. The van der Waals surface area contributed by atoms with Crippen LogP contribution in [0.2, 0.25) is 0 Å². The Hall–Kier alpha value is -0.400. The maximum absolute atomic E-state index is 3.94. The van der Waals surface area contributed by atoms with E-state index in [0.717, 1.165) is 12.5 Å². The van der Waals surface area contributed by atoms with Crippen LogP contribution in [0.15, 0.2) is 10.2 Å². The lowest BCUT2D eigenvalue weighted by Gasteiger charge is -1.70. The molecule has 1 heterocycles. The summed E-state index contributed by atoms with van der Waals surface area (Å²) in [5.41, 5.74) is 0. The van der Waals surface area contributed by atoms with Crippen LogP contribution in [-0.2, 0) is 0 Å². The van der Waals surface area contributed by atoms with Crippen molar-refractivity contribution in [3.63, 3.8) is 0 Å². The third-order valence-electron chi connectivity index (χ3n) is 1.43. The highest BCUT2D eigenvalue weighted by atomic mass is 15.2. The molecule has 0 N–H and O–H groups in total. The molecule has 2 unspecified atom stereocenters. The minimum absolute atomic E-state index is 0.671. The topological polar surface area (TPSA) is 24.7 Å². The largest absolute Gasteiger partial charge is 0.194 e. The van der Waals surface area contributed by atoms with Gasteiger partial charge in [0.1, 0.15) is 0 Å². The van der Waals surface area contributed by atoms with Crippen molar-refractivity contribution in [1.82, 2.24) is 0 Å². The molecule has 0 saturated heterocycles. The first-order valence-electron chi connectivity index (χ1n) is 2.33. The first-order valence-corrected chi connectivity index (χ1v) is 2.33. The van der Waals surface area contributed by atoms with Crippen LogP contribution in [0.1, 0.15) is 6.42 Å². The van der Waals surface area contributed by atoms with Crippen LogP contribution in [0.5, 0.6) is 0 Å². The minimum atomic E-state index is 0.671. The van der Waals surface area contributed by atoms with Gasteiger partial charge in [-0.25, -0.2) is 0 Å². The fourth-order valence-corrected chi connectivity index (χ4v) is 0.826. The van der Waals surface area contributed by atoms with E-state index >= 15 is 0 Å². The summed E-state index contributed by atoms with van der Waals surface area (Å²) in [5.74, 6) is 0.880. The van der Waals surface area contributed by atoms with Gasteiger partial charge in [0, 0.05) is 5.92 Å². The zero-order valence-corrected chi connectivity index (χ0v) is 3.46. The van der Waals surface area contributed by atoms with Gasteiger partial charge in [-0.3, -0.25) is 0 Å². The Bertz CT molecular complexity index is 97.7.